The van der Waals surface area contributed by atoms with Gasteiger partial charge in [0.2, 0.25) is 0 Å². The first-order chi connectivity index (χ1) is 7.72. The lowest BCUT2D eigenvalue weighted by atomic mass is 10.1. The monoisotopic (exact) mass is 239 g/mol. The van der Waals surface area contributed by atoms with Gasteiger partial charge in [-0.3, -0.25) is 4.90 Å². The van der Waals surface area contributed by atoms with Crippen LogP contribution in [-0.4, -0.2) is 29.0 Å². The number of nitrogens with zero attached hydrogens (tertiary/aromatic N) is 2. The molecule has 4 heteroatoms. The summed E-state index contributed by atoms with van der Waals surface area (Å²) >= 11 is 1.78. The summed E-state index contributed by atoms with van der Waals surface area (Å²) in [5.41, 5.74) is 6.97. The fourth-order valence-corrected chi connectivity index (χ4v) is 3.14. The first kappa shape index (κ1) is 12.0. The molecule has 0 bridgehead atoms. The maximum atomic E-state index is 5.74. The van der Waals surface area contributed by atoms with Crippen LogP contribution >= 0.6 is 11.3 Å². The first-order valence-corrected chi connectivity index (χ1v) is 6.98. The lowest BCUT2D eigenvalue weighted by molar-refractivity contribution is 0.253. The van der Waals surface area contributed by atoms with E-state index in [0.29, 0.717) is 12.0 Å². The van der Waals surface area contributed by atoms with Gasteiger partial charge in [0.05, 0.1) is 10.7 Å². The number of aromatic nitrogens is 1. The van der Waals surface area contributed by atoms with Gasteiger partial charge in [-0.05, 0) is 32.2 Å². The summed E-state index contributed by atoms with van der Waals surface area (Å²) in [7, 11) is 0. The van der Waals surface area contributed by atoms with Crippen molar-refractivity contribution in [1.29, 1.82) is 0 Å². The topological polar surface area (TPSA) is 42.2 Å². The predicted molar refractivity (Wildman–Crippen MR) is 68.5 cm³/mol. The molecule has 2 atom stereocenters. The molecule has 0 spiro atoms. The van der Waals surface area contributed by atoms with Crippen molar-refractivity contribution < 1.29 is 0 Å². The Hall–Kier alpha value is -0.450. The molecule has 2 rings (SSSR count). The Bertz CT molecular complexity index is 337. The minimum atomic E-state index is 0.653. The quantitative estimate of drug-likeness (QED) is 0.872. The van der Waals surface area contributed by atoms with E-state index in [0.717, 1.165) is 26.1 Å². The number of hydrogen-bond donors (Lipinski definition) is 1. The van der Waals surface area contributed by atoms with Crippen LogP contribution in [-0.2, 0) is 13.0 Å². The average molecular weight is 239 g/mol. The SMILES string of the molecule is CCc1nc(CN2CC(CN)CC2C)cs1. The van der Waals surface area contributed by atoms with E-state index in [9.17, 15) is 0 Å². The van der Waals surface area contributed by atoms with Crippen LogP contribution in [0.1, 0.15) is 31.0 Å². The number of likely N-dealkylation sites (tertiary alicyclic amines) is 1. The van der Waals surface area contributed by atoms with Crippen molar-refractivity contribution in [1.82, 2.24) is 9.88 Å². The highest BCUT2D eigenvalue weighted by molar-refractivity contribution is 7.09. The summed E-state index contributed by atoms with van der Waals surface area (Å²) in [6, 6.07) is 0.653. The smallest absolute Gasteiger partial charge is 0.0926 e. The molecule has 0 radical (unpaired) electrons. The standard InChI is InChI=1S/C12H21N3S/c1-3-12-14-11(8-16-12)7-15-6-10(5-13)4-9(15)2/h8-10H,3-7,13H2,1-2H3. The molecule has 1 aliphatic rings. The van der Waals surface area contributed by atoms with Gasteiger partial charge in [-0.25, -0.2) is 4.98 Å². The van der Waals surface area contributed by atoms with Crippen molar-refractivity contribution in [2.24, 2.45) is 11.7 Å². The summed E-state index contributed by atoms with van der Waals surface area (Å²) in [4.78, 5) is 7.13. The molecule has 0 saturated carbocycles. The first-order valence-electron chi connectivity index (χ1n) is 6.10. The third kappa shape index (κ3) is 2.62. The Morgan fingerprint density at radius 2 is 2.44 bits per heavy atom. The van der Waals surface area contributed by atoms with E-state index in [1.807, 2.05) is 0 Å². The number of aryl methyl sites for hydroxylation is 1. The van der Waals surface area contributed by atoms with Gasteiger partial charge in [0.1, 0.15) is 0 Å². The molecule has 2 heterocycles. The normalized spacial score (nSPS) is 26.4. The molecular formula is C12H21N3S. The summed E-state index contributed by atoms with van der Waals surface area (Å²) in [5.74, 6) is 0.680. The van der Waals surface area contributed by atoms with Gasteiger partial charge >= 0.3 is 0 Å². The van der Waals surface area contributed by atoms with E-state index in [1.165, 1.54) is 17.1 Å². The highest BCUT2D eigenvalue weighted by atomic mass is 32.1. The van der Waals surface area contributed by atoms with Gasteiger partial charge in [-0.15, -0.1) is 11.3 Å². The summed E-state index contributed by atoms with van der Waals surface area (Å²) in [6.07, 6.45) is 2.28. The van der Waals surface area contributed by atoms with Gasteiger partial charge in [0.15, 0.2) is 0 Å². The fourth-order valence-electron chi connectivity index (χ4n) is 2.40. The Morgan fingerprint density at radius 1 is 1.62 bits per heavy atom. The van der Waals surface area contributed by atoms with Gasteiger partial charge in [0.25, 0.3) is 0 Å². The van der Waals surface area contributed by atoms with Crippen LogP contribution in [0.4, 0.5) is 0 Å². The lowest BCUT2D eigenvalue weighted by Gasteiger charge is -2.19. The van der Waals surface area contributed by atoms with Crippen molar-refractivity contribution in [2.75, 3.05) is 13.1 Å². The Morgan fingerprint density at radius 3 is 3.00 bits per heavy atom. The molecule has 1 aromatic heterocycles. The van der Waals surface area contributed by atoms with Crippen LogP contribution in [0.25, 0.3) is 0 Å². The third-order valence-corrected chi connectivity index (χ3v) is 4.43. The molecule has 2 N–H and O–H groups in total. The highest BCUT2D eigenvalue weighted by Crippen LogP contribution is 2.24. The lowest BCUT2D eigenvalue weighted by Crippen LogP contribution is -2.27. The molecule has 2 unspecified atom stereocenters. The van der Waals surface area contributed by atoms with E-state index >= 15 is 0 Å². The molecule has 0 aliphatic carbocycles. The average Bonchev–Trinajstić information content (AvgIpc) is 2.87. The van der Waals surface area contributed by atoms with E-state index in [2.05, 4.69) is 29.1 Å². The Kier molecular flexibility index (Phi) is 3.95. The highest BCUT2D eigenvalue weighted by Gasteiger charge is 2.28. The van der Waals surface area contributed by atoms with Crippen LogP contribution in [0.2, 0.25) is 0 Å². The molecule has 3 nitrogen and oxygen atoms in total. The molecule has 16 heavy (non-hydrogen) atoms. The Balaban J connectivity index is 1.94. The van der Waals surface area contributed by atoms with Crippen molar-refractivity contribution >= 4 is 11.3 Å². The van der Waals surface area contributed by atoms with Crippen molar-refractivity contribution in [3.63, 3.8) is 0 Å². The van der Waals surface area contributed by atoms with Crippen molar-refractivity contribution in [3.8, 4) is 0 Å². The second-order valence-corrected chi connectivity index (χ2v) is 5.64. The maximum absolute atomic E-state index is 5.74. The van der Waals surface area contributed by atoms with Crippen LogP contribution in [0.15, 0.2) is 5.38 Å². The van der Waals surface area contributed by atoms with Crippen molar-refractivity contribution in [2.45, 2.75) is 39.3 Å². The zero-order valence-corrected chi connectivity index (χ0v) is 11.0. The second kappa shape index (κ2) is 5.25. The molecule has 1 aromatic rings. The van der Waals surface area contributed by atoms with E-state index in [4.69, 9.17) is 5.73 Å². The number of rotatable bonds is 4. The minimum Gasteiger partial charge on any atom is -0.330 e. The number of nitrogens with two attached hydrogens (primary N) is 1. The summed E-state index contributed by atoms with van der Waals surface area (Å²) in [5, 5.41) is 3.44. The fraction of sp³-hybridized carbons (Fsp3) is 0.750. The zero-order valence-electron chi connectivity index (χ0n) is 10.1. The van der Waals surface area contributed by atoms with Gasteiger partial charge in [-0.2, -0.15) is 0 Å². The Labute approximate surface area is 102 Å². The number of thiazole rings is 1. The summed E-state index contributed by atoms with van der Waals surface area (Å²) < 4.78 is 0. The van der Waals surface area contributed by atoms with Crippen molar-refractivity contribution in [3.05, 3.63) is 16.1 Å². The minimum absolute atomic E-state index is 0.653. The zero-order chi connectivity index (χ0) is 11.5. The largest absolute Gasteiger partial charge is 0.330 e. The van der Waals surface area contributed by atoms with Crippen LogP contribution in [0.5, 0.6) is 0 Å². The van der Waals surface area contributed by atoms with Gasteiger partial charge in [-0.1, -0.05) is 6.92 Å². The van der Waals surface area contributed by atoms with E-state index in [1.54, 1.807) is 11.3 Å². The van der Waals surface area contributed by atoms with E-state index in [-0.39, 0.29) is 0 Å². The van der Waals surface area contributed by atoms with Crippen LogP contribution < -0.4 is 5.73 Å². The molecule has 1 aliphatic heterocycles. The maximum Gasteiger partial charge on any atom is 0.0926 e. The van der Waals surface area contributed by atoms with Gasteiger partial charge < -0.3 is 5.73 Å². The molecule has 1 fully saturated rings. The third-order valence-electron chi connectivity index (χ3n) is 3.39. The number of hydrogen-bond acceptors (Lipinski definition) is 4. The predicted octanol–water partition coefficient (Wildman–Crippen LogP) is 1.87. The van der Waals surface area contributed by atoms with E-state index < -0.39 is 0 Å². The molecule has 1 saturated heterocycles. The van der Waals surface area contributed by atoms with Gasteiger partial charge in [0, 0.05) is 24.5 Å². The summed E-state index contributed by atoms with van der Waals surface area (Å²) in [6.45, 7) is 7.40. The molecule has 0 amide bonds. The van der Waals surface area contributed by atoms with Crippen LogP contribution in [0, 0.1) is 5.92 Å². The second-order valence-electron chi connectivity index (χ2n) is 4.70. The van der Waals surface area contributed by atoms with Crippen LogP contribution in [0.3, 0.4) is 0 Å². The molecule has 0 aromatic carbocycles. The molecule has 90 valence electrons. The molecular weight excluding hydrogens is 218 g/mol.